The lowest BCUT2D eigenvalue weighted by atomic mass is 9.56. The molecule has 0 amide bonds. The van der Waals surface area contributed by atoms with Gasteiger partial charge in [0.2, 0.25) is 0 Å². The molecule has 6 aromatic carbocycles. The van der Waals surface area contributed by atoms with Gasteiger partial charge in [0.05, 0.1) is 39.5 Å². The van der Waals surface area contributed by atoms with E-state index in [1.54, 1.807) is 22.1 Å². The van der Waals surface area contributed by atoms with E-state index in [1.165, 1.54) is 152 Å². The van der Waals surface area contributed by atoms with Crippen molar-refractivity contribution in [3.8, 4) is 27.9 Å². The molecule has 4 aromatic heterocycles. The number of hydrogen-bond donors (Lipinski definition) is 0. The average molecular weight is 812 g/mol. The Labute approximate surface area is 367 Å². The van der Waals surface area contributed by atoms with Gasteiger partial charge < -0.3 is 8.97 Å². The molecule has 3 nitrogen and oxygen atoms in total. The molecular weight excluding hydrogens is 763 g/mol. The molecule has 5 fully saturated rings. The maximum absolute atomic E-state index is 5.69. The molecule has 1 spiro atoms. The number of hydrogen-bond acceptors (Lipinski definition) is 1. The highest BCUT2D eigenvalue weighted by atomic mass is 15.0. The first-order chi connectivity index (χ1) is 31.2. The van der Waals surface area contributed by atoms with Crippen molar-refractivity contribution < 1.29 is 0 Å². The Morgan fingerprint density at radius 2 is 1.17 bits per heavy atom. The van der Waals surface area contributed by atoms with Crippen LogP contribution in [0, 0.1) is 29.1 Å². The van der Waals surface area contributed by atoms with Crippen molar-refractivity contribution in [2.45, 2.75) is 87.9 Å². The summed E-state index contributed by atoms with van der Waals surface area (Å²) in [6.45, 7) is 0. The van der Waals surface area contributed by atoms with Crippen LogP contribution in [-0.2, 0) is 0 Å². The lowest BCUT2D eigenvalue weighted by Crippen LogP contribution is -2.41. The van der Waals surface area contributed by atoms with E-state index >= 15 is 0 Å². The van der Waals surface area contributed by atoms with Gasteiger partial charge in [-0.3, -0.25) is 4.98 Å². The number of pyridine rings is 1. The Balaban J connectivity index is 1.10. The van der Waals surface area contributed by atoms with E-state index in [0.717, 1.165) is 23.7 Å². The molecule has 5 saturated carbocycles. The van der Waals surface area contributed by atoms with Crippen LogP contribution in [0.4, 0.5) is 0 Å². The van der Waals surface area contributed by atoms with Gasteiger partial charge in [-0.2, -0.15) is 0 Å². The summed E-state index contributed by atoms with van der Waals surface area (Å²) in [5.74, 6) is 6.14. The quantitative estimate of drug-likeness (QED) is 0.174. The molecule has 8 aliphatic rings. The van der Waals surface area contributed by atoms with Crippen molar-refractivity contribution in [2.24, 2.45) is 29.1 Å². The van der Waals surface area contributed by atoms with Crippen molar-refractivity contribution >= 4 is 59.9 Å². The fourth-order valence-electron chi connectivity index (χ4n) is 17.4. The van der Waals surface area contributed by atoms with Gasteiger partial charge in [-0.1, -0.05) is 103 Å². The molecule has 0 aliphatic heterocycles. The van der Waals surface area contributed by atoms with Crippen LogP contribution in [0.2, 0.25) is 0 Å². The van der Waals surface area contributed by atoms with Crippen molar-refractivity contribution in [1.29, 1.82) is 0 Å². The zero-order valence-electron chi connectivity index (χ0n) is 35.7. The van der Waals surface area contributed by atoms with Crippen LogP contribution in [-0.4, -0.2) is 14.0 Å². The summed E-state index contributed by atoms with van der Waals surface area (Å²) in [4.78, 5) is 5.69. The van der Waals surface area contributed by atoms with E-state index in [0.29, 0.717) is 29.1 Å². The lowest BCUT2D eigenvalue weighted by Gasteiger charge is -2.48. The van der Waals surface area contributed by atoms with E-state index in [1.807, 2.05) is 0 Å². The van der Waals surface area contributed by atoms with Gasteiger partial charge in [0.1, 0.15) is 0 Å². The third-order valence-corrected chi connectivity index (χ3v) is 19.3. The predicted molar refractivity (Wildman–Crippen MR) is 258 cm³/mol. The molecule has 8 aliphatic carbocycles. The predicted octanol–water partition coefficient (Wildman–Crippen LogP) is 15.4. The number of fused-ring (bicyclic) bond motifs is 16. The van der Waals surface area contributed by atoms with Crippen LogP contribution < -0.4 is 0 Å². The van der Waals surface area contributed by atoms with Crippen molar-refractivity contribution in [3.05, 3.63) is 150 Å². The molecule has 7 atom stereocenters. The van der Waals surface area contributed by atoms with Crippen LogP contribution in [0.25, 0.3) is 87.8 Å². The Hall–Kier alpha value is -5.93. The second kappa shape index (κ2) is 11.4. The van der Waals surface area contributed by atoms with Crippen LogP contribution >= 0.6 is 0 Å². The summed E-state index contributed by atoms with van der Waals surface area (Å²) in [6, 6.07) is 46.6. The van der Waals surface area contributed by atoms with Crippen LogP contribution in [0.5, 0.6) is 0 Å². The molecule has 3 heteroatoms. The largest absolute Gasteiger partial charge is 0.308 e. The maximum atomic E-state index is 5.69. The first-order valence-corrected chi connectivity index (χ1v) is 24.5. The monoisotopic (exact) mass is 811 g/mol. The van der Waals surface area contributed by atoms with Gasteiger partial charge in [0.15, 0.2) is 0 Å². The van der Waals surface area contributed by atoms with E-state index in [2.05, 4.69) is 136 Å². The molecule has 10 aromatic rings. The van der Waals surface area contributed by atoms with Crippen molar-refractivity contribution in [1.82, 2.24) is 14.0 Å². The molecule has 7 bridgehead atoms. The third-order valence-electron chi connectivity index (χ3n) is 19.3. The standard InChI is InChI=1S/C60H49N3/c1-3-10-34(11-4-1)43-15-9-16-44(35-12-5-2-6-13-35)58(43)62-47-17-8-7-14-45(47)53-49(62)28-46-54-48(19-18-42-36-21-32-20-33(22-36)24-37(23-32)51(42)54)63-50-31-61-57-39-26-41-27-40-25-38(29-60(40,41)30-39)52(57)55(50)56(53)59(46)63/h1-19,28,31-33,36-41H,20-27,29-30H2. The van der Waals surface area contributed by atoms with Gasteiger partial charge in [-0.15, -0.1) is 0 Å². The highest BCUT2D eigenvalue weighted by molar-refractivity contribution is 6.36. The topological polar surface area (TPSA) is 22.2 Å². The summed E-state index contributed by atoms with van der Waals surface area (Å²) in [5, 5.41) is 8.85. The molecule has 0 saturated heterocycles. The highest BCUT2D eigenvalue weighted by Crippen LogP contribution is 2.76. The second-order valence-corrected chi connectivity index (χ2v) is 21.9. The minimum atomic E-state index is 0.575. The van der Waals surface area contributed by atoms with E-state index in [9.17, 15) is 0 Å². The summed E-state index contributed by atoms with van der Waals surface area (Å²) in [7, 11) is 0. The van der Waals surface area contributed by atoms with Gasteiger partial charge in [0, 0.05) is 55.1 Å². The summed E-state index contributed by atoms with van der Waals surface area (Å²) < 4.78 is 5.47. The molecule has 0 N–H and O–H groups in total. The molecular formula is C60H49N3. The average Bonchev–Trinajstić information content (AvgIpc) is 4.05. The van der Waals surface area contributed by atoms with Crippen molar-refractivity contribution in [3.63, 3.8) is 0 Å². The van der Waals surface area contributed by atoms with Crippen LogP contribution in [0.3, 0.4) is 0 Å². The number of benzene rings is 6. The molecule has 304 valence electrons. The van der Waals surface area contributed by atoms with Crippen LogP contribution in [0.15, 0.2) is 128 Å². The fraction of sp³-hybridized carbons (Fsp3) is 0.317. The minimum absolute atomic E-state index is 0.575. The molecule has 63 heavy (non-hydrogen) atoms. The van der Waals surface area contributed by atoms with E-state index in [-0.39, 0.29) is 0 Å². The second-order valence-electron chi connectivity index (χ2n) is 21.9. The molecule has 4 heterocycles. The summed E-state index contributed by atoms with van der Waals surface area (Å²) in [6.07, 6.45) is 16.2. The summed E-state index contributed by atoms with van der Waals surface area (Å²) in [5.41, 5.74) is 20.3. The molecule has 18 rings (SSSR count). The van der Waals surface area contributed by atoms with E-state index in [4.69, 9.17) is 4.98 Å². The fourth-order valence-corrected chi connectivity index (χ4v) is 17.4. The first kappa shape index (κ1) is 33.6. The smallest absolute Gasteiger partial charge is 0.0728 e. The number of nitrogens with zero attached hydrogens (tertiary/aromatic N) is 3. The highest BCUT2D eigenvalue weighted by Gasteiger charge is 2.66. The van der Waals surface area contributed by atoms with Gasteiger partial charge >= 0.3 is 0 Å². The zero-order valence-corrected chi connectivity index (χ0v) is 35.7. The Morgan fingerprint density at radius 1 is 0.476 bits per heavy atom. The third kappa shape index (κ3) is 3.98. The normalized spacial score (nSPS) is 29.7. The van der Waals surface area contributed by atoms with Crippen LogP contribution in [0.1, 0.15) is 110 Å². The minimum Gasteiger partial charge on any atom is -0.308 e. The Bertz CT molecular complexity index is 3580. The lowest BCUT2D eigenvalue weighted by molar-refractivity contribution is 0.00321. The summed E-state index contributed by atoms with van der Waals surface area (Å²) >= 11 is 0. The molecule has 7 unspecified atom stereocenters. The first-order valence-electron chi connectivity index (χ1n) is 24.5. The van der Waals surface area contributed by atoms with Crippen molar-refractivity contribution in [2.75, 3.05) is 0 Å². The maximum Gasteiger partial charge on any atom is 0.0728 e. The Morgan fingerprint density at radius 3 is 1.95 bits per heavy atom. The van der Waals surface area contributed by atoms with Gasteiger partial charge in [0.25, 0.3) is 0 Å². The number of aromatic nitrogens is 3. The van der Waals surface area contributed by atoms with Gasteiger partial charge in [-0.05, 0) is 157 Å². The van der Waals surface area contributed by atoms with Gasteiger partial charge in [-0.25, -0.2) is 0 Å². The Kier molecular flexibility index (Phi) is 6.09. The number of rotatable bonds is 3. The van der Waals surface area contributed by atoms with E-state index < -0.39 is 0 Å². The zero-order chi connectivity index (χ0) is 40.4. The number of para-hydroxylation sites is 2. The molecule has 0 radical (unpaired) electrons. The SMILES string of the molecule is c1ccc(-c2cccc(-c3ccccc3)c2-n2c3ccccc3c3c4c5c6c(ncc5n5c7ccc8c(c7c(cc32)c45)C2CC3CC(CC8C3)C2)C2CC3CC4CC6CC34C2)cc1.